The second-order valence-electron chi connectivity index (χ2n) is 4.58. The first kappa shape index (κ1) is 13.4. The van der Waals surface area contributed by atoms with Crippen LogP contribution in [0, 0.1) is 17.5 Å². The lowest BCUT2D eigenvalue weighted by Gasteiger charge is -2.14. The molecule has 0 atom stereocenters. The number of nitrogens with zero attached hydrogens (tertiary/aromatic N) is 1. The Balaban J connectivity index is 1.77. The van der Waals surface area contributed by atoms with E-state index in [4.69, 9.17) is 0 Å². The smallest absolute Gasteiger partial charge is 0.161 e. The lowest BCUT2D eigenvalue weighted by molar-refractivity contribution is 0.335. The van der Waals surface area contributed by atoms with Gasteiger partial charge < -0.3 is 10.2 Å². The van der Waals surface area contributed by atoms with Gasteiger partial charge in [0.05, 0.1) is 0 Å². The van der Waals surface area contributed by atoms with Crippen LogP contribution in [0.4, 0.5) is 13.2 Å². The number of hydrogen-bond acceptors (Lipinski definition) is 2. The second-order valence-corrected chi connectivity index (χ2v) is 4.58. The molecule has 1 aromatic carbocycles. The summed E-state index contributed by atoms with van der Waals surface area (Å²) in [5.41, 5.74) is 0.162. The third-order valence-corrected chi connectivity index (χ3v) is 3.21. The molecule has 1 aromatic rings. The molecule has 1 heterocycles. The van der Waals surface area contributed by atoms with Gasteiger partial charge in [0.2, 0.25) is 0 Å². The third kappa shape index (κ3) is 3.46. The molecule has 0 spiro atoms. The predicted octanol–water partition coefficient (Wildman–Crippen LogP) is 2.29. The molecular weight excluding hydrogens is 241 g/mol. The quantitative estimate of drug-likeness (QED) is 0.644. The highest BCUT2D eigenvalue weighted by Crippen LogP contribution is 2.13. The van der Waals surface area contributed by atoms with Crippen LogP contribution in [-0.2, 0) is 6.54 Å². The Hall–Kier alpha value is -1.07. The fourth-order valence-electron chi connectivity index (χ4n) is 2.17. The highest BCUT2D eigenvalue weighted by Gasteiger charge is 2.11. The highest BCUT2D eigenvalue weighted by molar-refractivity contribution is 5.19. The van der Waals surface area contributed by atoms with Gasteiger partial charge in [-0.3, -0.25) is 0 Å². The summed E-state index contributed by atoms with van der Waals surface area (Å²) < 4.78 is 38.9. The zero-order chi connectivity index (χ0) is 13.0. The summed E-state index contributed by atoms with van der Waals surface area (Å²) >= 11 is 0. The minimum absolute atomic E-state index is 0.162. The molecule has 18 heavy (non-hydrogen) atoms. The van der Waals surface area contributed by atoms with Crippen LogP contribution in [-0.4, -0.2) is 31.1 Å². The van der Waals surface area contributed by atoms with E-state index in [1.165, 1.54) is 12.8 Å². The van der Waals surface area contributed by atoms with Crippen molar-refractivity contribution in [2.24, 2.45) is 0 Å². The van der Waals surface area contributed by atoms with E-state index in [2.05, 4.69) is 10.2 Å². The van der Waals surface area contributed by atoms with Crippen LogP contribution in [0.25, 0.3) is 0 Å². The van der Waals surface area contributed by atoms with Gasteiger partial charge in [-0.2, -0.15) is 0 Å². The fraction of sp³-hybridized carbons (Fsp3) is 0.538. The van der Waals surface area contributed by atoms with Gasteiger partial charge in [0.15, 0.2) is 11.6 Å². The van der Waals surface area contributed by atoms with Gasteiger partial charge in [0.1, 0.15) is 5.82 Å². The highest BCUT2D eigenvalue weighted by atomic mass is 19.2. The minimum Gasteiger partial charge on any atom is -0.311 e. The van der Waals surface area contributed by atoms with Crippen molar-refractivity contribution < 1.29 is 13.2 Å². The first-order valence-electron chi connectivity index (χ1n) is 6.23. The van der Waals surface area contributed by atoms with Gasteiger partial charge in [-0.15, -0.1) is 0 Å². The molecule has 0 radical (unpaired) electrons. The van der Waals surface area contributed by atoms with Crippen LogP contribution in [0.15, 0.2) is 12.1 Å². The molecule has 100 valence electrons. The largest absolute Gasteiger partial charge is 0.311 e. The summed E-state index contributed by atoms with van der Waals surface area (Å²) in [6.45, 7) is 4.07. The van der Waals surface area contributed by atoms with Crippen molar-refractivity contribution in [2.45, 2.75) is 19.4 Å². The first-order chi connectivity index (χ1) is 8.66. The van der Waals surface area contributed by atoms with Crippen LogP contribution in [0.5, 0.6) is 0 Å². The van der Waals surface area contributed by atoms with Gasteiger partial charge in [0, 0.05) is 31.3 Å². The maximum atomic E-state index is 13.3. The van der Waals surface area contributed by atoms with Crippen molar-refractivity contribution in [2.75, 3.05) is 26.2 Å². The molecule has 1 fully saturated rings. The van der Waals surface area contributed by atoms with Gasteiger partial charge in [-0.25, -0.2) is 13.2 Å². The second kappa shape index (κ2) is 6.20. The van der Waals surface area contributed by atoms with E-state index in [1.54, 1.807) is 0 Å². The zero-order valence-corrected chi connectivity index (χ0v) is 10.2. The molecule has 1 N–H and O–H groups in total. The molecular formula is C13H17F3N2. The molecule has 0 amide bonds. The Morgan fingerprint density at radius 3 is 2.39 bits per heavy atom. The monoisotopic (exact) mass is 258 g/mol. The Morgan fingerprint density at radius 1 is 1.00 bits per heavy atom. The standard InChI is InChI=1S/C13H17F3N2/c14-11-8-13(16)12(15)7-10(11)9-17-3-6-18-4-1-2-5-18/h7-8,17H,1-6,9H2. The van der Waals surface area contributed by atoms with Gasteiger partial charge in [0.25, 0.3) is 0 Å². The summed E-state index contributed by atoms with van der Waals surface area (Å²) in [7, 11) is 0. The average molecular weight is 258 g/mol. The molecule has 0 saturated carbocycles. The molecule has 0 bridgehead atoms. The molecule has 2 nitrogen and oxygen atoms in total. The Labute approximate surface area is 105 Å². The van der Waals surface area contributed by atoms with Gasteiger partial charge in [-0.1, -0.05) is 0 Å². The van der Waals surface area contributed by atoms with Crippen LogP contribution in [0.3, 0.4) is 0 Å². The van der Waals surface area contributed by atoms with E-state index in [0.717, 1.165) is 32.2 Å². The first-order valence-corrected chi connectivity index (χ1v) is 6.23. The Bertz CT molecular complexity index is 403. The van der Waals surface area contributed by atoms with E-state index in [9.17, 15) is 13.2 Å². The Kier molecular flexibility index (Phi) is 4.60. The SMILES string of the molecule is Fc1cc(F)c(CNCCN2CCCC2)cc1F. The number of hydrogen-bond donors (Lipinski definition) is 1. The summed E-state index contributed by atoms with van der Waals surface area (Å²) in [6, 6.07) is 1.50. The van der Waals surface area contributed by atoms with Crippen molar-refractivity contribution in [3.8, 4) is 0 Å². The molecule has 0 unspecified atom stereocenters. The fourth-order valence-corrected chi connectivity index (χ4v) is 2.17. The van der Waals surface area contributed by atoms with Crippen LogP contribution >= 0.6 is 0 Å². The summed E-state index contributed by atoms with van der Waals surface area (Å²) in [5, 5.41) is 3.05. The molecule has 5 heteroatoms. The average Bonchev–Trinajstić information content (AvgIpc) is 2.84. The van der Waals surface area contributed by atoms with Crippen molar-refractivity contribution in [3.05, 3.63) is 35.1 Å². The summed E-state index contributed by atoms with van der Waals surface area (Å²) in [6.07, 6.45) is 2.47. The van der Waals surface area contributed by atoms with Crippen LogP contribution in [0.1, 0.15) is 18.4 Å². The molecule has 1 aliphatic rings. The van der Waals surface area contributed by atoms with E-state index < -0.39 is 17.5 Å². The number of likely N-dealkylation sites (tertiary alicyclic amines) is 1. The van der Waals surface area contributed by atoms with Crippen molar-refractivity contribution >= 4 is 0 Å². The molecule has 0 aromatic heterocycles. The minimum atomic E-state index is -1.15. The van der Waals surface area contributed by atoms with Gasteiger partial charge >= 0.3 is 0 Å². The topological polar surface area (TPSA) is 15.3 Å². The number of halogens is 3. The Morgan fingerprint density at radius 2 is 1.67 bits per heavy atom. The number of benzene rings is 1. The van der Waals surface area contributed by atoms with E-state index >= 15 is 0 Å². The lowest BCUT2D eigenvalue weighted by Crippen LogP contribution is -2.29. The third-order valence-electron chi connectivity index (χ3n) is 3.21. The van der Waals surface area contributed by atoms with Crippen LogP contribution < -0.4 is 5.32 Å². The molecule has 1 aliphatic heterocycles. The van der Waals surface area contributed by atoms with Crippen molar-refractivity contribution in [1.82, 2.24) is 10.2 Å². The summed E-state index contributed by atoms with van der Waals surface area (Å²) in [4.78, 5) is 2.33. The van der Waals surface area contributed by atoms with Gasteiger partial charge in [-0.05, 0) is 32.0 Å². The lowest BCUT2D eigenvalue weighted by atomic mass is 10.2. The normalized spacial score (nSPS) is 16.4. The zero-order valence-electron chi connectivity index (χ0n) is 10.2. The van der Waals surface area contributed by atoms with Crippen LogP contribution in [0.2, 0.25) is 0 Å². The molecule has 0 aliphatic carbocycles. The van der Waals surface area contributed by atoms with E-state index in [0.29, 0.717) is 6.07 Å². The number of rotatable bonds is 5. The van der Waals surface area contributed by atoms with Crippen molar-refractivity contribution in [3.63, 3.8) is 0 Å². The van der Waals surface area contributed by atoms with Crippen molar-refractivity contribution in [1.29, 1.82) is 0 Å². The molecule has 1 saturated heterocycles. The summed E-state index contributed by atoms with van der Waals surface area (Å²) in [5.74, 6) is -2.86. The number of nitrogens with one attached hydrogen (secondary N) is 1. The maximum absolute atomic E-state index is 13.3. The molecule has 2 rings (SSSR count). The van der Waals surface area contributed by atoms with E-state index in [-0.39, 0.29) is 12.1 Å². The van der Waals surface area contributed by atoms with E-state index in [1.807, 2.05) is 0 Å². The predicted molar refractivity (Wildman–Crippen MR) is 63.7 cm³/mol. The maximum Gasteiger partial charge on any atom is 0.161 e.